The van der Waals surface area contributed by atoms with E-state index < -0.39 is 17.3 Å². The number of nitrogens with two attached hydrogens (primary N) is 1. The van der Waals surface area contributed by atoms with Gasteiger partial charge in [0, 0.05) is 6.42 Å². The lowest BCUT2D eigenvalue weighted by Gasteiger charge is -2.23. The Morgan fingerprint density at radius 2 is 1.88 bits per heavy atom. The molecule has 0 amide bonds. The molecule has 0 aliphatic heterocycles. The van der Waals surface area contributed by atoms with Gasteiger partial charge in [-0.15, -0.1) is 0 Å². The van der Waals surface area contributed by atoms with Gasteiger partial charge in [0.25, 0.3) is 0 Å². The lowest BCUT2D eigenvalue weighted by molar-refractivity contribution is -0.147. The van der Waals surface area contributed by atoms with Gasteiger partial charge < -0.3 is 10.8 Å². The maximum Gasteiger partial charge on any atom is 0.332 e. The van der Waals surface area contributed by atoms with Crippen LogP contribution in [0.5, 0.6) is 0 Å². The molecule has 1 aromatic rings. The molecule has 0 aliphatic rings. The first kappa shape index (κ1) is 13.1. The summed E-state index contributed by atoms with van der Waals surface area (Å²) >= 11 is 0. The molecule has 17 heavy (non-hydrogen) atoms. The summed E-state index contributed by atoms with van der Waals surface area (Å²) in [6.45, 7) is 4.91. The van der Waals surface area contributed by atoms with Crippen molar-refractivity contribution < 1.29 is 14.7 Å². The van der Waals surface area contributed by atoms with E-state index in [0.29, 0.717) is 5.56 Å². The van der Waals surface area contributed by atoms with Gasteiger partial charge in [-0.2, -0.15) is 0 Å². The number of carbonyl (C=O) groups is 2. The van der Waals surface area contributed by atoms with Crippen molar-refractivity contribution in [3.05, 3.63) is 48.0 Å². The molecule has 4 nitrogen and oxygen atoms in total. The Bertz CT molecular complexity index is 453. The van der Waals surface area contributed by atoms with Gasteiger partial charge in [0.15, 0.2) is 11.3 Å². The molecule has 3 N–H and O–H groups in total. The van der Waals surface area contributed by atoms with E-state index in [1.807, 2.05) is 6.07 Å². The monoisotopic (exact) mass is 233 g/mol. The van der Waals surface area contributed by atoms with E-state index in [2.05, 4.69) is 6.58 Å². The Morgan fingerprint density at radius 3 is 2.29 bits per heavy atom. The molecule has 0 bridgehead atoms. The van der Waals surface area contributed by atoms with Crippen LogP contribution in [-0.2, 0) is 16.0 Å². The third-order valence-electron chi connectivity index (χ3n) is 2.50. The summed E-state index contributed by atoms with van der Waals surface area (Å²) in [6, 6.07) is 8.81. The lowest BCUT2D eigenvalue weighted by atomic mass is 9.85. The minimum absolute atomic E-state index is 0.0468. The van der Waals surface area contributed by atoms with Crippen molar-refractivity contribution in [2.75, 3.05) is 0 Å². The van der Waals surface area contributed by atoms with Gasteiger partial charge in [0.1, 0.15) is 0 Å². The highest BCUT2D eigenvalue weighted by molar-refractivity contribution is 6.15. The highest BCUT2D eigenvalue weighted by atomic mass is 16.4. The van der Waals surface area contributed by atoms with E-state index in [1.54, 1.807) is 24.3 Å². The van der Waals surface area contributed by atoms with Gasteiger partial charge in [0.2, 0.25) is 0 Å². The first-order chi connectivity index (χ1) is 7.88. The minimum atomic E-state index is -1.94. The van der Waals surface area contributed by atoms with Crippen molar-refractivity contribution >= 4 is 11.8 Å². The van der Waals surface area contributed by atoms with Crippen molar-refractivity contribution in [1.82, 2.24) is 0 Å². The summed E-state index contributed by atoms with van der Waals surface area (Å²) in [4.78, 5) is 23.0. The first-order valence-corrected chi connectivity index (χ1v) is 5.14. The van der Waals surface area contributed by atoms with Crippen LogP contribution >= 0.6 is 0 Å². The van der Waals surface area contributed by atoms with Crippen LogP contribution in [0.15, 0.2) is 42.5 Å². The molecule has 1 unspecified atom stereocenters. The molecule has 1 aromatic carbocycles. The highest BCUT2D eigenvalue weighted by Gasteiger charge is 2.42. The van der Waals surface area contributed by atoms with Crippen LogP contribution in [0.3, 0.4) is 0 Å². The number of carboxylic acid groups (broad SMARTS) is 1. The van der Waals surface area contributed by atoms with E-state index >= 15 is 0 Å². The SMILES string of the molecule is C=C(C)C(=O)C(N)(Cc1ccccc1)C(=O)O. The normalized spacial score (nSPS) is 13.8. The second-order valence-corrected chi connectivity index (χ2v) is 4.05. The predicted octanol–water partition coefficient (Wildman–Crippen LogP) is 1.16. The molecule has 0 aliphatic carbocycles. The molecular formula is C13H15NO3. The zero-order valence-corrected chi connectivity index (χ0v) is 9.64. The van der Waals surface area contributed by atoms with Gasteiger partial charge in [-0.3, -0.25) is 4.79 Å². The molecule has 0 aromatic heterocycles. The average Bonchev–Trinajstić information content (AvgIpc) is 2.28. The van der Waals surface area contributed by atoms with Crippen molar-refractivity contribution in [2.45, 2.75) is 18.9 Å². The Morgan fingerprint density at radius 1 is 1.35 bits per heavy atom. The van der Waals surface area contributed by atoms with E-state index in [1.165, 1.54) is 6.92 Å². The molecule has 0 heterocycles. The summed E-state index contributed by atoms with van der Waals surface area (Å²) < 4.78 is 0. The molecule has 4 heteroatoms. The van der Waals surface area contributed by atoms with Crippen LogP contribution in [0.25, 0.3) is 0 Å². The van der Waals surface area contributed by atoms with E-state index in [9.17, 15) is 9.59 Å². The van der Waals surface area contributed by atoms with Gasteiger partial charge >= 0.3 is 5.97 Å². The van der Waals surface area contributed by atoms with Gasteiger partial charge in [-0.1, -0.05) is 36.9 Å². The number of carboxylic acids is 1. The molecule has 0 saturated heterocycles. The Labute approximate surface area is 99.8 Å². The highest BCUT2D eigenvalue weighted by Crippen LogP contribution is 2.16. The van der Waals surface area contributed by atoms with Crippen LogP contribution in [0.1, 0.15) is 12.5 Å². The van der Waals surface area contributed by atoms with Crippen LogP contribution in [-0.4, -0.2) is 22.4 Å². The number of benzene rings is 1. The van der Waals surface area contributed by atoms with Crippen LogP contribution in [0, 0.1) is 0 Å². The van der Waals surface area contributed by atoms with E-state index in [-0.39, 0.29) is 12.0 Å². The van der Waals surface area contributed by atoms with Crippen LogP contribution in [0.4, 0.5) is 0 Å². The number of ketones is 1. The quantitative estimate of drug-likeness (QED) is 0.590. The van der Waals surface area contributed by atoms with Gasteiger partial charge in [-0.05, 0) is 18.1 Å². The number of carbonyl (C=O) groups excluding carboxylic acids is 1. The van der Waals surface area contributed by atoms with Crippen molar-refractivity contribution in [3.8, 4) is 0 Å². The fourth-order valence-electron chi connectivity index (χ4n) is 1.55. The Hall–Kier alpha value is -1.94. The number of Topliss-reactive ketones (excluding diaryl/α,β-unsaturated/α-hetero) is 1. The molecule has 0 spiro atoms. The number of hydrogen-bond acceptors (Lipinski definition) is 3. The fraction of sp³-hybridized carbons (Fsp3) is 0.231. The summed E-state index contributed by atoms with van der Waals surface area (Å²) in [5, 5.41) is 9.13. The number of aliphatic carboxylic acids is 1. The maximum atomic E-state index is 11.8. The van der Waals surface area contributed by atoms with Crippen LogP contribution < -0.4 is 5.73 Å². The molecule has 1 rings (SSSR count). The minimum Gasteiger partial charge on any atom is -0.480 e. The van der Waals surface area contributed by atoms with Crippen molar-refractivity contribution in [2.24, 2.45) is 5.73 Å². The third kappa shape index (κ3) is 2.79. The van der Waals surface area contributed by atoms with E-state index in [4.69, 9.17) is 10.8 Å². The predicted molar refractivity (Wildman–Crippen MR) is 64.5 cm³/mol. The molecule has 0 saturated carbocycles. The second-order valence-electron chi connectivity index (χ2n) is 4.05. The standard InChI is InChI=1S/C13H15NO3/c1-9(2)11(15)13(14,12(16)17)8-10-6-4-3-5-7-10/h3-7H,1,8,14H2,2H3,(H,16,17). The zero-order valence-electron chi connectivity index (χ0n) is 9.64. The number of rotatable bonds is 5. The molecule has 0 fully saturated rings. The number of hydrogen-bond donors (Lipinski definition) is 2. The van der Waals surface area contributed by atoms with E-state index in [0.717, 1.165) is 0 Å². The maximum absolute atomic E-state index is 11.8. The second kappa shape index (κ2) is 4.93. The smallest absolute Gasteiger partial charge is 0.332 e. The summed E-state index contributed by atoms with van der Waals surface area (Å²) in [7, 11) is 0. The topological polar surface area (TPSA) is 80.4 Å². The Balaban J connectivity index is 3.06. The summed E-state index contributed by atoms with van der Waals surface area (Å²) in [5.74, 6) is -1.98. The fourth-order valence-corrected chi connectivity index (χ4v) is 1.55. The molecule has 0 radical (unpaired) electrons. The summed E-state index contributed by atoms with van der Waals surface area (Å²) in [5.41, 5.74) is 4.62. The van der Waals surface area contributed by atoms with Gasteiger partial charge in [0.05, 0.1) is 0 Å². The average molecular weight is 233 g/mol. The lowest BCUT2D eigenvalue weighted by Crippen LogP contribution is -2.56. The largest absolute Gasteiger partial charge is 0.480 e. The third-order valence-corrected chi connectivity index (χ3v) is 2.50. The first-order valence-electron chi connectivity index (χ1n) is 5.14. The molecular weight excluding hydrogens is 218 g/mol. The van der Waals surface area contributed by atoms with Crippen molar-refractivity contribution in [3.63, 3.8) is 0 Å². The van der Waals surface area contributed by atoms with Gasteiger partial charge in [-0.25, -0.2) is 4.79 Å². The Kier molecular flexibility index (Phi) is 3.81. The summed E-state index contributed by atoms with van der Waals surface area (Å²) in [6.07, 6.45) is -0.0468. The van der Waals surface area contributed by atoms with Crippen LogP contribution in [0.2, 0.25) is 0 Å². The zero-order chi connectivity index (χ0) is 13.1. The molecule has 1 atom stereocenters. The molecule has 90 valence electrons. The van der Waals surface area contributed by atoms with Crippen molar-refractivity contribution in [1.29, 1.82) is 0 Å².